The van der Waals surface area contributed by atoms with Crippen LogP contribution in [0.2, 0.25) is 0 Å². The van der Waals surface area contributed by atoms with Crippen molar-refractivity contribution >= 4 is 34.2 Å². The largest absolute Gasteiger partial charge is 0.352 e. The van der Waals surface area contributed by atoms with Crippen LogP contribution in [0.5, 0.6) is 0 Å². The first kappa shape index (κ1) is 19.4. The predicted molar refractivity (Wildman–Crippen MR) is 92.4 cm³/mol. The van der Waals surface area contributed by atoms with Crippen molar-refractivity contribution in [3.05, 3.63) is 34.1 Å². The van der Waals surface area contributed by atoms with Gasteiger partial charge in [0.2, 0.25) is 5.91 Å². The molecule has 3 nitrogen and oxygen atoms in total. The van der Waals surface area contributed by atoms with Crippen molar-refractivity contribution in [2.45, 2.75) is 45.1 Å². The van der Waals surface area contributed by atoms with E-state index in [4.69, 9.17) is 5.73 Å². The highest BCUT2D eigenvalue weighted by Gasteiger charge is 2.32. The molecular weight excluding hydrogens is 371 g/mol. The zero-order valence-electron chi connectivity index (χ0n) is 12.5. The maximum atomic E-state index is 13.4. The van der Waals surface area contributed by atoms with Crippen LogP contribution in [0.25, 0.3) is 0 Å². The number of hydrogen-bond donors (Lipinski definition) is 2. The van der Waals surface area contributed by atoms with Gasteiger partial charge >= 0.3 is 0 Å². The normalized spacial score (nSPS) is 16.7. The van der Waals surface area contributed by atoms with Gasteiger partial charge in [-0.25, -0.2) is 4.39 Å². The summed E-state index contributed by atoms with van der Waals surface area (Å²) in [6.07, 6.45) is 6.09. The summed E-state index contributed by atoms with van der Waals surface area (Å²) >= 11 is 3.12. The van der Waals surface area contributed by atoms with Crippen LogP contribution in [0.3, 0.4) is 0 Å². The molecule has 2 rings (SSSR count). The molecule has 0 aromatic heterocycles. The van der Waals surface area contributed by atoms with Crippen molar-refractivity contribution in [3.8, 4) is 0 Å². The highest BCUT2D eigenvalue weighted by molar-refractivity contribution is 9.10. The molecule has 1 aromatic rings. The van der Waals surface area contributed by atoms with E-state index in [0.717, 1.165) is 31.2 Å². The van der Waals surface area contributed by atoms with Crippen LogP contribution < -0.4 is 11.1 Å². The Hall–Kier alpha value is -0.650. The minimum Gasteiger partial charge on any atom is -0.352 e. The molecule has 1 aliphatic carbocycles. The Morgan fingerprint density at radius 3 is 2.59 bits per heavy atom. The minimum absolute atomic E-state index is 0. The summed E-state index contributed by atoms with van der Waals surface area (Å²) in [4.78, 5) is 12.1. The average Bonchev–Trinajstić information content (AvgIpc) is 2.49. The summed E-state index contributed by atoms with van der Waals surface area (Å²) in [6.45, 7) is 0.914. The lowest BCUT2D eigenvalue weighted by atomic mass is 9.71. The summed E-state index contributed by atoms with van der Waals surface area (Å²) in [5.41, 5.74) is 6.62. The van der Waals surface area contributed by atoms with Crippen molar-refractivity contribution in [2.24, 2.45) is 11.1 Å². The molecule has 1 fully saturated rings. The highest BCUT2D eigenvalue weighted by atomic mass is 79.9. The van der Waals surface area contributed by atoms with Gasteiger partial charge in [-0.1, -0.05) is 25.3 Å². The maximum absolute atomic E-state index is 13.4. The lowest BCUT2D eigenvalue weighted by Gasteiger charge is -2.35. The monoisotopic (exact) mass is 392 g/mol. The summed E-state index contributed by atoms with van der Waals surface area (Å²) in [5, 5.41) is 2.88. The number of carbonyl (C=O) groups excluding carboxylic acids is 1. The Bertz CT molecular complexity index is 507. The van der Waals surface area contributed by atoms with Crippen molar-refractivity contribution in [1.82, 2.24) is 5.32 Å². The zero-order valence-corrected chi connectivity index (χ0v) is 14.9. The SMILES string of the molecule is Cl.NCC1(CC(=O)NCc2ccc(Br)c(F)c2)CCCCC1. The molecule has 6 heteroatoms. The summed E-state index contributed by atoms with van der Waals surface area (Å²) < 4.78 is 13.8. The van der Waals surface area contributed by atoms with Gasteiger partial charge in [-0.05, 0) is 58.4 Å². The Labute approximate surface area is 145 Å². The predicted octanol–water partition coefficient (Wildman–Crippen LogP) is 3.93. The van der Waals surface area contributed by atoms with Gasteiger partial charge in [0, 0.05) is 13.0 Å². The number of amides is 1. The molecule has 1 saturated carbocycles. The molecule has 3 N–H and O–H groups in total. The second-order valence-corrected chi connectivity index (χ2v) is 6.82. The quantitative estimate of drug-likeness (QED) is 0.796. The summed E-state index contributed by atoms with van der Waals surface area (Å²) in [5.74, 6) is -0.307. The van der Waals surface area contributed by atoms with Crippen molar-refractivity contribution < 1.29 is 9.18 Å². The number of benzene rings is 1. The number of hydrogen-bond acceptors (Lipinski definition) is 2. The molecule has 0 bridgehead atoms. The van der Waals surface area contributed by atoms with E-state index in [1.54, 1.807) is 12.1 Å². The van der Waals surface area contributed by atoms with Crippen LogP contribution >= 0.6 is 28.3 Å². The number of halogens is 3. The smallest absolute Gasteiger partial charge is 0.220 e. The fraction of sp³-hybridized carbons (Fsp3) is 0.562. The molecule has 0 spiro atoms. The van der Waals surface area contributed by atoms with Crippen molar-refractivity contribution in [1.29, 1.82) is 0 Å². The van der Waals surface area contributed by atoms with E-state index < -0.39 is 0 Å². The minimum atomic E-state index is -0.313. The standard InChI is InChI=1S/C16H22BrFN2O.ClH/c17-13-5-4-12(8-14(13)18)10-20-15(21)9-16(11-19)6-2-1-3-7-16;/h4-5,8H,1-3,6-7,9-11,19H2,(H,20,21);1H. The molecule has 1 aromatic carbocycles. The van der Waals surface area contributed by atoms with Crippen molar-refractivity contribution in [3.63, 3.8) is 0 Å². The van der Waals surface area contributed by atoms with Gasteiger partial charge < -0.3 is 11.1 Å². The fourth-order valence-electron chi connectivity index (χ4n) is 3.01. The van der Waals surface area contributed by atoms with Gasteiger partial charge in [0.05, 0.1) is 4.47 Å². The van der Waals surface area contributed by atoms with Crippen LogP contribution in [0.15, 0.2) is 22.7 Å². The Morgan fingerprint density at radius 2 is 2.00 bits per heavy atom. The molecule has 0 aliphatic heterocycles. The maximum Gasteiger partial charge on any atom is 0.220 e. The fourth-order valence-corrected chi connectivity index (χ4v) is 3.25. The summed E-state index contributed by atoms with van der Waals surface area (Å²) in [7, 11) is 0. The van der Waals surface area contributed by atoms with E-state index in [0.29, 0.717) is 24.0 Å². The number of nitrogens with one attached hydrogen (secondary N) is 1. The third-order valence-corrected chi connectivity index (χ3v) is 5.00. The van der Waals surface area contributed by atoms with Crippen LogP contribution in [0.1, 0.15) is 44.1 Å². The average molecular weight is 394 g/mol. The number of rotatable bonds is 5. The van der Waals surface area contributed by atoms with E-state index in [-0.39, 0.29) is 29.5 Å². The second kappa shape index (κ2) is 8.85. The third kappa shape index (κ3) is 5.21. The summed E-state index contributed by atoms with van der Waals surface area (Å²) in [6, 6.07) is 4.88. The number of carbonyl (C=O) groups is 1. The third-order valence-electron chi connectivity index (χ3n) is 4.36. The van der Waals surface area contributed by atoms with Crippen molar-refractivity contribution in [2.75, 3.05) is 6.54 Å². The molecule has 0 heterocycles. The van der Waals surface area contributed by atoms with Crippen LogP contribution in [-0.4, -0.2) is 12.5 Å². The van der Waals surface area contributed by atoms with Crippen LogP contribution in [-0.2, 0) is 11.3 Å². The van der Waals surface area contributed by atoms with Gasteiger partial charge in [-0.3, -0.25) is 4.79 Å². The van der Waals surface area contributed by atoms with E-state index in [9.17, 15) is 9.18 Å². The zero-order chi connectivity index (χ0) is 15.3. The van der Waals surface area contributed by atoms with E-state index in [1.165, 1.54) is 12.5 Å². The molecule has 124 valence electrons. The lowest BCUT2D eigenvalue weighted by molar-refractivity contribution is -0.124. The molecule has 0 unspecified atom stereocenters. The van der Waals surface area contributed by atoms with E-state index in [1.807, 2.05) is 0 Å². The number of nitrogens with two attached hydrogens (primary N) is 1. The first-order chi connectivity index (χ1) is 10.0. The second-order valence-electron chi connectivity index (χ2n) is 5.97. The van der Waals surface area contributed by atoms with Gasteiger partial charge in [0.1, 0.15) is 5.82 Å². The molecule has 0 atom stereocenters. The lowest BCUT2D eigenvalue weighted by Crippen LogP contribution is -2.38. The van der Waals surface area contributed by atoms with Crippen LogP contribution in [0, 0.1) is 11.2 Å². The molecule has 0 saturated heterocycles. The Kier molecular flexibility index (Phi) is 7.80. The van der Waals surface area contributed by atoms with E-state index in [2.05, 4.69) is 21.2 Å². The Balaban J connectivity index is 0.00000242. The first-order valence-corrected chi connectivity index (χ1v) is 8.25. The molecule has 1 aliphatic rings. The van der Waals surface area contributed by atoms with Gasteiger partial charge in [0.25, 0.3) is 0 Å². The van der Waals surface area contributed by atoms with Gasteiger partial charge in [-0.15, -0.1) is 12.4 Å². The van der Waals surface area contributed by atoms with Gasteiger partial charge in [0.15, 0.2) is 0 Å². The van der Waals surface area contributed by atoms with E-state index >= 15 is 0 Å². The molecule has 0 radical (unpaired) electrons. The molecule has 1 amide bonds. The van der Waals surface area contributed by atoms with Gasteiger partial charge in [-0.2, -0.15) is 0 Å². The first-order valence-electron chi connectivity index (χ1n) is 7.45. The van der Waals surface area contributed by atoms with Crippen LogP contribution in [0.4, 0.5) is 4.39 Å². The Morgan fingerprint density at radius 1 is 1.32 bits per heavy atom. The highest BCUT2D eigenvalue weighted by Crippen LogP contribution is 2.38. The molecular formula is C16H23BrClFN2O. The topological polar surface area (TPSA) is 55.1 Å². The molecule has 22 heavy (non-hydrogen) atoms.